The lowest BCUT2D eigenvalue weighted by Gasteiger charge is -2.26. The van der Waals surface area contributed by atoms with Crippen LogP contribution in [0.25, 0.3) is 0 Å². The number of aliphatic hydroxyl groups is 1. The molecule has 0 spiro atoms. The van der Waals surface area contributed by atoms with Crippen molar-refractivity contribution in [2.45, 2.75) is 38.1 Å². The van der Waals surface area contributed by atoms with Gasteiger partial charge in [0.25, 0.3) is 17.4 Å². The molecule has 0 unspecified atom stereocenters. The first-order valence-electron chi connectivity index (χ1n) is 12.1. The monoisotopic (exact) mass is 563 g/mol. The SMILES string of the molecule is COc1cc(F)c([C@H]2[C@H](NC(=O)c3ccc(OC(F)F)cc3)C(=O)N(c3cccn(CCO)c3=O)[C@@H]2C)c(F)c1. The first-order valence-corrected chi connectivity index (χ1v) is 12.1. The van der Waals surface area contributed by atoms with Crippen molar-refractivity contribution < 1.29 is 41.7 Å². The maximum atomic E-state index is 15.3. The standard InChI is InChI=1S/C27H25F4N3O6/c1-14-21(22-18(28)12-17(39-2)13-19(22)29)23(32-24(36)15-5-7-16(8-6-15)40-27(30)31)26(38)34(14)20-4-3-9-33(10-11-35)25(20)37/h3-9,12-14,21,23,27,35H,10-11H2,1-2H3,(H,32,36)/t14-,21+,23+/m1/s1. The molecule has 1 aliphatic rings. The number of halogens is 4. The number of amides is 2. The second kappa shape index (κ2) is 11.8. The summed E-state index contributed by atoms with van der Waals surface area (Å²) in [7, 11) is 1.23. The van der Waals surface area contributed by atoms with E-state index >= 15 is 8.78 Å². The number of carbonyl (C=O) groups excluding carboxylic acids is 2. The molecule has 3 aromatic rings. The van der Waals surface area contributed by atoms with Gasteiger partial charge in [-0.2, -0.15) is 8.78 Å². The van der Waals surface area contributed by atoms with Gasteiger partial charge in [-0.05, 0) is 43.3 Å². The van der Waals surface area contributed by atoms with Crippen molar-refractivity contribution in [3.8, 4) is 11.5 Å². The number of benzene rings is 2. The number of ether oxygens (including phenoxy) is 2. The lowest BCUT2D eigenvalue weighted by atomic mass is 9.87. The maximum absolute atomic E-state index is 15.3. The van der Waals surface area contributed by atoms with Crippen LogP contribution in [-0.2, 0) is 11.3 Å². The lowest BCUT2D eigenvalue weighted by molar-refractivity contribution is -0.118. The van der Waals surface area contributed by atoms with Crippen LogP contribution in [0.2, 0.25) is 0 Å². The van der Waals surface area contributed by atoms with Crippen LogP contribution in [0.1, 0.15) is 28.8 Å². The van der Waals surface area contributed by atoms with Gasteiger partial charge < -0.3 is 29.4 Å². The molecule has 0 bridgehead atoms. The number of hydrogen-bond donors (Lipinski definition) is 2. The molecular formula is C27H25F4N3O6. The molecule has 2 amide bonds. The minimum absolute atomic E-state index is 0.0417. The number of nitrogens with zero attached hydrogens (tertiary/aromatic N) is 2. The Morgan fingerprint density at radius 3 is 2.30 bits per heavy atom. The molecule has 4 rings (SSSR count). The minimum Gasteiger partial charge on any atom is -0.497 e. The molecule has 0 radical (unpaired) electrons. The number of carbonyl (C=O) groups is 2. The molecule has 13 heteroatoms. The summed E-state index contributed by atoms with van der Waals surface area (Å²) in [6.07, 6.45) is 1.41. The normalized spacial score (nSPS) is 18.8. The second-order valence-corrected chi connectivity index (χ2v) is 8.95. The van der Waals surface area contributed by atoms with Crippen molar-refractivity contribution in [3.05, 3.63) is 87.8 Å². The van der Waals surface area contributed by atoms with Crippen molar-refractivity contribution in [1.29, 1.82) is 0 Å². The van der Waals surface area contributed by atoms with Crippen LogP contribution in [0.5, 0.6) is 11.5 Å². The maximum Gasteiger partial charge on any atom is 0.387 e. The number of alkyl halides is 2. The zero-order valence-corrected chi connectivity index (χ0v) is 21.3. The van der Waals surface area contributed by atoms with Crippen molar-refractivity contribution in [1.82, 2.24) is 9.88 Å². The molecule has 2 aromatic carbocycles. The Kier molecular flexibility index (Phi) is 8.43. The summed E-state index contributed by atoms with van der Waals surface area (Å²) in [5.74, 6) is -5.29. The molecule has 3 atom stereocenters. The number of hydrogen-bond acceptors (Lipinski definition) is 6. The molecule has 9 nitrogen and oxygen atoms in total. The van der Waals surface area contributed by atoms with Crippen LogP contribution in [0.15, 0.2) is 59.5 Å². The van der Waals surface area contributed by atoms with Gasteiger partial charge in [0.05, 0.1) is 13.7 Å². The van der Waals surface area contributed by atoms with Gasteiger partial charge in [0.15, 0.2) is 0 Å². The average Bonchev–Trinajstić information content (AvgIpc) is 3.14. The Bertz CT molecular complexity index is 1440. The third kappa shape index (κ3) is 5.50. The fourth-order valence-corrected chi connectivity index (χ4v) is 4.84. The van der Waals surface area contributed by atoms with Crippen LogP contribution in [0, 0.1) is 11.6 Å². The van der Waals surface area contributed by atoms with E-state index in [1.807, 2.05) is 0 Å². The topological polar surface area (TPSA) is 110 Å². The number of methoxy groups -OCH3 is 1. The molecule has 2 heterocycles. The van der Waals surface area contributed by atoms with Crippen molar-refractivity contribution in [2.24, 2.45) is 0 Å². The summed E-state index contributed by atoms with van der Waals surface area (Å²) in [5, 5.41) is 11.8. The summed E-state index contributed by atoms with van der Waals surface area (Å²) in [4.78, 5) is 41.0. The smallest absolute Gasteiger partial charge is 0.387 e. The Balaban J connectivity index is 1.77. The zero-order valence-electron chi connectivity index (χ0n) is 21.3. The lowest BCUT2D eigenvalue weighted by Crippen LogP contribution is -2.44. The Labute approximate surface area is 225 Å². The second-order valence-electron chi connectivity index (χ2n) is 8.95. The van der Waals surface area contributed by atoms with Gasteiger partial charge in [0.1, 0.15) is 34.9 Å². The molecule has 1 fully saturated rings. The van der Waals surface area contributed by atoms with E-state index in [0.717, 1.165) is 29.2 Å². The molecule has 0 saturated carbocycles. The van der Waals surface area contributed by atoms with E-state index in [-0.39, 0.29) is 35.9 Å². The number of anilines is 1. The third-order valence-corrected chi connectivity index (χ3v) is 6.64. The van der Waals surface area contributed by atoms with Gasteiger partial charge in [-0.15, -0.1) is 0 Å². The van der Waals surface area contributed by atoms with E-state index in [4.69, 9.17) is 4.74 Å². The summed E-state index contributed by atoms with van der Waals surface area (Å²) in [6.45, 7) is -1.99. The number of pyridine rings is 1. The van der Waals surface area contributed by atoms with E-state index in [9.17, 15) is 28.3 Å². The van der Waals surface area contributed by atoms with Gasteiger partial charge in [-0.3, -0.25) is 14.4 Å². The fourth-order valence-electron chi connectivity index (χ4n) is 4.84. The molecule has 1 aliphatic heterocycles. The minimum atomic E-state index is -3.07. The highest BCUT2D eigenvalue weighted by Crippen LogP contribution is 2.40. The predicted molar refractivity (Wildman–Crippen MR) is 135 cm³/mol. The summed E-state index contributed by atoms with van der Waals surface area (Å²) >= 11 is 0. The van der Waals surface area contributed by atoms with Gasteiger partial charge in [0, 0.05) is 48.0 Å². The Morgan fingerprint density at radius 1 is 1.07 bits per heavy atom. The Morgan fingerprint density at radius 2 is 1.73 bits per heavy atom. The summed E-state index contributed by atoms with van der Waals surface area (Å²) in [6, 6.07) is 6.78. The van der Waals surface area contributed by atoms with Crippen molar-refractivity contribution in [2.75, 3.05) is 18.6 Å². The highest BCUT2D eigenvalue weighted by atomic mass is 19.3. The molecule has 1 saturated heterocycles. The Hall–Kier alpha value is -4.39. The van der Waals surface area contributed by atoms with Crippen LogP contribution in [0.3, 0.4) is 0 Å². The number of nitrogens with one attached hydrogen (secondary N) is 1. The van der Waals surface area contributed by atoms with E-state index in [2.05, 4.69) is 10.1 Å². The number of rotatable bonds is 9. The van der Waals surface area contributed by atoms with Gasteiger partial charge in [0.2, 0.25) is 0 Å². The van der Waals surface area contributed by atoms with Gasteiger partial charge >= 0.3 is 6.61 Å². The molecule has 40 heavy (non-hydrogen) atoms. The highest BCUT2D eigenvalue weighted by Gasteiger charge is 2.50. The molecule has 1 aromatic heterocycles. The quantitative estimate of drug-likeness (QED) is 0.388. The highest BCUT2D eigenvalue weighted by molar-refractivity contribution is 6.05. The third-order valence-electron chi connectivity index (χ3n) is 6.64. The van der Waals surface area contributed by atoms with Crippen LogP contribution in [-0.4, -0.2) is 53.9 Å². The summed E-state index contributed by atoms with van der Waals surface area (Å²) in [5.41, 5.74) is -1.28. The largest absolute Gasteiger partial charge is 0.497 e. The van der Waals surface area contributed by atoms with Crippen molar-refractivity contribution >= 4 is 17.5 Å². The van der Waals surface area contributed by atoms with Gasteiger partial charge in [-0.1, -0.05) is 0 Å². The van der Waals surface area contributed by atoms with Crippen molar-refractivity contribution in [3.63, 3.8) is 0 Å². The molecule has 0 aliphatic carbocycles. The van der Waals surface area contributed by atoms with Gasteiger partial charge in [-0.25, -0.2) is 8.78 Å². The first-order chi connectivity index (χ1) is 19.1. The molecule has 2 N–H and O–H groups in total. The van der Waals surface area contributed by atoms with Crippen LogP contribution >= 0.6 is 0 Å². The van der Waals surface area contributed by atoms with Crippen LogP contribution < -0.4 is 25.2 Å². The first kappa shape index (κ1) is 28.6. The number of aliphatic hydroxyl groups excluding tert-OH is 1. The predicted octanol–water partition coefficient (Wildman–Crippen LogP) is 3.05. The molecular weight excluding hydrogens is 538 g/mol. The number of aromatic nitrogens is 1. The van der Waals surface area contributed by atoms with E-state index < -0.39 is 59.2 Å². The van der Waals surface area contributed by atoms with E-state index in [1.54, 1.807) is 0 Å². The fraction of sp³-hybridized carbons (Fsp3) is 0.296. The van der Waals surface area contributed by atoms with E-state index in [0.29, 0.717) is 0 Å². The zero-order chi connectivity index (χ0) is 29.1. The van der Waals surface area contributed by atoms with E-state index in [1.165, 1.54) is 49.1 Å². The average molecular weight is 564 g/mol. The molecule has 212 valence electrons. The van der Waals surface area contributed by atoms with Crippen LogP contribution in [0.4, 0.5) is 23.2 Å². The summed E-state index contributed by atoms with van der Waals surface area (Å²) < 4.78 is 65.9.